The van der Waals surface area contributed by atoms with E-state index in [0.29, 0.717) is 11.5 Å². The SMILES string of the molecule is C=C(C)c1ccc(-c2ccc(Oc3ccccc3C(=O)O)cc2)cc1. The molecule has 0 aliphatic carbocycles. The summed E-state index contributed by atoms with van der Waals surface area (Å²) in [4.78, 5) is 11.2. The van der Waals surface area contributed by atoms with E-state index in [1.165, 1.54) is 6.07 Å². The Hall–Kier alpha value is -3.33. The topological polar surface area (TPSA) is 46.5 Å². The zero-order valence-corrected chi connectivity index (χ0v) is 13.9. The summed E-state index contributed by atoms with van der Waals surface area (Å²) < 4.78 is 5.72. The fourth-order valence-electron chi connectivity index (χ4n) is 2.52. The van der Waals surface area contributed by atoms with Gasteiger partial charge in [-0.3, -0.25) is 0 Å². The summed E-state index contributed by atoms with van der Waals surface area (Å²) in [5, 5.41) is 9.21. The van der Waals surface area contributed by atoms with E-state index in [9.17, 15) is 9.90 Å². The largest absolute Gasteiger partial charge is 0.478 e. The second kappa shape index (κ2) is 7.05. The Labute approximate surface area is 146 Å². The first-order valence-corrected chi connectivity index (χ1v) is 7.91. The Bertz CT molecular complexity index is 907. The highest BCUT2D eigenvalue weighted by Gasteiger charge is 2.11. The van der Waals surface area contributed by atoms with Gasteiger partial charge in [0.25, 0.3) is 0 Å². The lowest BCUT2D eigenvalue weighted by Gasteiger charge is -2.09. The molecule has 25 heavy (non-hydrogen) atoms. The zero-order chi connectivity index (χ0) is 17.8. The van der Waals surface area contributed by atoms with E-state index in [-0.39, 0.29) is 5.56 Å². The molecule has 0 aliphatic rings. The summed E-state index contributed by atoms with van der Waals surface area (Å²) in [6.07, 6.45) is 0. The van der Waals surface area contributed by atoms with Crippen LogP contribution in [-0.4, -0.2) is 11.1 Å². The minimum atomic E-state index is -1.01. The van der Waals surface area contributed by atoms with Crippen LogP contribution in [0.5, 0.6) is 11.5 Å². The van der Waals surface area contributed by atoms with Crippen LogP contribution in [0.4, 0.5) is 0 Å². The fraction of sp³-hybridized carbons (Fsp3) is 0.0455. The molecule has 3 aromatic carbocycles. The molecule has 0 amide bonds. The van der Waals surface area contributed by atoms with Crippen molar-refractivity contribution in [3.05, 3.63) is 90.5 Å². The Morgan fingerprint density at radius 3 is 2.00 bits per heavy atom. The number of para-hydroxylation sites is 1. The van der Waals surface area contributed by atoms with Gasteiger partial charge in [0.05, 0.1) is 0 Å². The molecule has 3 aromatic rings. The number of rotatable bonds is 5. The van der Waals surface area contributed by atoms with Gasteiger partial charge in [-0.15, -0.1) is 0 Å². The van der Waals surface area contributed by atoms with Crippen molar-refractivity contribution in [3.8, 4) is 22.6 Å². The van der Waals surface area contributed by atoms with Crippen LogP contribution in [0.25, 0.3) is 16.7 Å². The number of ether oxygens (including phenoxy) is 1. The first-order valence-electron chi connectivity index (χ1n) is 7.91. The Balaban J connectivity index is 1.81. The lowest BCUT2D eigenvalue weighted by atomic mass is 10.0. The Kier molecular flexibility index (Phi) is 4.66. The average Bonchev–Trinajstić information content (AvgIpc) is 2.63. The quantitative estimate of drug-likeness (QED) is 0.635. The van der Waals surface area contributed by atoms with Gasteiger partial charge in [0.1, 0.15) is 17.1 Å². The highest BCUT2D eigenvalue weighted by Crippen LogP contribution is 2.28. The van der Waals surface area contributed by atoms with Crippen LogP contribution in [-0.2, 0) is 0 Å². The van der Waals surface area contributed by atoms with Crippen molar-refractivity contribution in [3.63, 3.8) is 0 Å². The summed E-state index contributed by atoms with van der Waals surface area (Å²) in [5.74, 6) is -0.0885. The van der Waals surface area contributed by atoms with E-state index in [1.807, 2.05) is 43.3 Å². The second-order valence-electron chi connectivity index (χ2n) is 5.79. The third-order valence-electron chi connectivity index (χ3n) is 3.91. The van der Waals surface area contributed by atoms with Crippen LogP contribution in [0.2, 0.25) is 0 Å². The molecule has 0 saturated carbocycles. The number of hydrogen-bond acceptors (Lipinski definition) is 2. The van der Waals surface area contributed by atoms with Crippen molar-refractivity contribution >= 4 is 11.5 Å². The van der Waals surface area contributed by atoms with Gasteiger partial charge in [-0.1, -0.05) is 60.7 Å². The normalized spacial score (nSPS) is 10.3. The summed E-state index contributed by atoms with van der Waals surface area (Å²) in [6.45, 7) is 5.92. The number of carbonyl (C=O) groups is 1. The van der Waals surface area contributed by atoms with Crippen LogP contribution < -0.4 is 4.74 Å². The summed E-state index contributed by atoms with van der Waals surface area (Å²) in [6, 6.07) is 22.4. The highest BCUT2D eigenvalue weighted by atomic mass is 16.5. The standard InChI is InChI=1S/C22H18O3/c1-15(2)16-7-9-17(10-8-16)18-11-13-19(14-12-18)25-21-6-4-3-5-20(21)22(23)24/h3-14H,1H2,2H3,(H,23,24). The number of carboxylic acid groups (broad SMARTS) is 1. The van der Waals surface area contributed by atoms with E-state index in [4.69, 9.17) is 4.74 Å². The molecular formula is C22H18O3. The van der Waals surface area contributed by atoms with Gasteiger partial charge < -0.3 is 9.84 Å². The average molecular weight is 330 g/mol. The van der Waals surface area contributed by atoms with Crippen LogP contribution in [0.15, 0.2) is 79.4 Å². The predicted octanol–water partition coefficient (Wildman–Crippen LogP) is 5.88. The molecule has 0 spiro atoms. The molecule has 0 radical (unpaired) electrons. The monoisotopic (exact) mass is 330 g/mol. The van der Waals surface area contributed by atoms with Gasteiger partial charge in [0, 0.05) is 0 Å². The summed E-state index contributed by atoms with van der Waals surface area (Å²) >= 11 is 0. The fourth-order valence-corrected chi connectivity index (χ4v) is 2.52. The van der Waals surface area contributed by atoms with Gasteiger partial charge in [0.15, 0.2) is 0 Å². The number of aromatic carboxylic acids is 1. The first-order chi connectivity index (χ1) is 12.0. The second-order valence-corrected chi connectivity index (χ2v) is 5.79. The Morgan fingerprint density at radius 1 is 0.880 bits per heavy atom. The van der Waals surface area contributed by atoms with Crippen LogP contribution >= 0.6 is 0 Å². The summed E-state index contributed by atoms with van der Waals surface area (Å²) in [5.41, 5.74) is 4.46. The van der Waals surface area contributed by atoms with E-state index in [2.05, 4.69) is 18.7 Å². The van der Waals surface area contributed by atoms with E-state index in [1.54, 1.807) is 18.2 Å². The van der Waals surface area contributed by atoms with Crippen molar-refractivity contribution in [2.45, 2.75) is 6.92 Å². The Morgan fingerprint density at radius 2 is 1.44 bits per heavy atom. The van der Waals surface area contributed by atoms with Crippen LogP contribution in [0.1, 0.15) is 22.8 Å². The van der Waals surface area contributed by atoms with Gasteiger partial charge in [-0.2, -0.15) is 0 Å². The summed E-state index contributed by atoms with van der Waals surface area (Å²) in [7, 11) is 0. The van der Waals surface area contributed by atoms with Gasteiger partial charge in [-0.25, -0.2) is 4.79 Å². The molecule has 0 aromatic heterocycles. The number of carboxylic acids is 1. The molecule has 124 valence electrons. The van der Waals surface area contributed by atoms with E-state index >= 15 is 0 Å². The molecule has 3 rings (SSSR count). The predicted molar refractivity (Wildman–Crippen MR) is 100 cm³/mol. The van der Waals surface area contributed by atoms with Gasteiger partial charge in [-0.05, 0) is 47.9 Å². The molecular weight excluding hydrogens is 312 g/mol. The molecule has 1 N–H and O–H groups in total. The first kappa shape index (κ1) is 16.5. The molecule has 0 unspecified atom stereocenters. The van der Waals surface area contributed by atoms with Gasteiger partial charge >= 0.3 is 5.97 Å². The molecule has 0 saturated heterocycles. The van der Waals surface area contributed by atoms with E-state index < -0.39 is 5.97 Å². The molecule has 3 nitrogen and oxygen atoms in total. The maximum Gasteiger partial charge on any atom is 0.339 e. The lowest BCUT2D eigenvalue weighted by molar-refractivity contribution is 0.0694. The minimum absolute atomic E-state index is 0.141. The third-order valence-corrected chi connectivity index (χ3v) is 3.91. The van der Waals surface area contributed by atoms with E-state index in [0.717, 1.165) is 22.3 Å². The van der Waals surface area contributed by atoms with Crippen molar-refractivity contribution in [2.24, 2.45) is 0 Å². The van der Waals surface area contributed by atoms with Crippen LogP contribution in [0.3, 0.4) is 0 Å². The highest BCUT2D eigenvalue weighted by molar-refractivity contribution is 5.90. The smallest absolute Gasteiger partial charge is 0.339 e. The minimum Gasteiger partial charge on any atom is -0.478 e. The molecule has 3 heteroatoms. The van der Waals surface area contributed by atoms with Crippen molar-refractivity contribution < 1.29 is 14.6 Å². The zero-order valence-electron chi connectivity index (χ0n) is 13.9. The van der Waals surface area contributed by atoms with Crippen molar-refractivity contribution in [1.82, 2.24) is 0 Å². The maximum absolute atomic E-state index is 11.2. The molecule has 0 bridgehead atoms. The molecule has 0 aliphatic heterocycles. The number of hydrogen-bond donors (Lipinski definition) is 1. The number of allylic oxidation sites excluding steroid dienone is 1. The van der Waals surface area contributed by atoms with Crippen molar-refractivity contribution in [1.29, 1.82) is 0 Å². The maximum atomic E-state index is 11.2. The molecule has 0 fully saturated rings. The molecule has 0 heterocycles. The van der Waals surface area contributed by atoms with Gasteiger partial charge in [0.2, 0.25) is 0 Å². The molecule has 0 atom stereocenters. The van der Waals surface area contributed by atoms with Crippen molar-refractivity contribution in [2.75, 3.05) is 0 Å². The third kappa shape index (κ3) is 3.78. The number of benzene rings is 3. The lowest BCUT2D eigenvalue weighted by Crippen LogP contribution is -1.99. The van der Waals surface area contributed by atoms with Crippen LogP contribution in [0, 0.1) is 0 Å².